The van der Waals surface area contributed by atoms with Crippen LogP contribution >= 0.6 is 0 Å². The molecule has 1 aliphatic carbocycles. The fourth-order valence-corrected chi connectivity index (χ4v) is 3.50. The van der Waals surface area contributed by atoms with Crippen LogP contribution in [0.15, 0.2) is 47.4 Å². The molecule has 4 rings (SSSR count). The Morgan fingerprint density at radius 3 is 2.67 bits per heavy atom. The lowest BCUT2D eigenvalue weighted by molar-refractivity contribution is 0.515. The van der Waals surface area contributed by atoms with E-state index >= 15 is 0 Å². The highest BCUT2D eigenvalue weighted by Gasteiger charge is 2.21. The summed E-state index contributed by atoms with van der Waals surface area (Å²) < 4.78 is 1.87. The first-order chi connectivity index (χ1) is 11.7. The van der Waals surface area contributed by atoms with Gasteiger partial charge in [-0.15, -0.1) is 0 Å². The summed E-state index contributed by atoms with van der Waals surface area (Å²) in [5.74, 6) is 0.519. The van der Waals surface area contributed by atoms with Gasteiger partial charge in [0.15, 0.2) is 0 Å². The molecule has 5 heteroatoms. The van der Waals surface area contributed by atoms with Crippen molar-refractivity contribution >= 4 is 22.7 Å². The van der Waals surface area contributed by atoms with Gasteiger partial charge >= 0.3 is 0 Å². The third-order valence-corrected chi connectivity index (χ3v) is 4.72. The molecule has 0 unspecified atom stereocenters. The van der Waals surface area contributed by atoms with E-state index in [0.29, 0.717) is 5.95 Å². The summed E-state index contributed by atoms with van der Waals surface area (Å²) in [6, 6.07) is 11.8. The molecule has 24 heavy (non-hydrogen) atoms. The molecule has 0 spiro atoms. The minimum absolute atomic E-state index is 0.0382. The van der Waals surface area contributed by atoms with Gasteiger partial charge in [0.25, 0.3) is 5.56 Å². The van der Waals surface area contributed by atoms with Crippen molar-refractivity contribution in [2.75, 3.05) is 5.32 Å². The lowest BCUT2D eigenvalue weighted by Crippen LogP contribution is -2.24. The number of pyridine rings is 1. The fraction of sp³-hybridized carbons (Fsp3) is 0.316. The number of aromatic nitrogens is 3. The van der Waals surface area contributed by atoms with Crippen molar-refractivity contribution in [3.63, 3.8) is 0 Å². The Kier molecular flexibility index (Phi) is 3.76. The Labute approximate surface area is 140 Å². The average molecular weight is 320 g/mol. The maximum Gasteiger partial charge on any atom is 0.252 e. The molecule has 1 N–H and O–H groups in total. The van der Waals surface area contributed by atoms with Crippen molar-refractivity contribution in [3.8, 4) is 0 Å². The highest BCUT2D eigenvalue weighted by molar-refractivity contribution is 5.79. The van der Waals surface area contributed by atoms with Crippen LogP contribution in [0.25, 0.3) is 11.0 Å². The third kappa shape index (κ3) is 2.66. The average Bonchev–Trinajstić information content (AvgIpc) is 3.10. The smallest absolute Gasteiger partial charge is 0.252 e. The molecule has 1 aromatic carbocycles. The van der Waals surface area contributed by atoms with Crippen LogP contribution in [-0.2, 0) is 0 Å². The summed E-state index contributed by atoms with van der Waals surface area (Å²) in [6.45, 7) is 1.94. The van der Waals surface area contributed by atoms with Gasteiger partial charge in [0, 0.05) is 29.4 Å². The summed E-state index contributed by atoms with van der Waals surface area (Å²) in [6.07, 6.45) is 6.25. The summed E-state index contributed by atoms with van der Waals surface area (Å²) in [7, 11) is 0. The summed E-state index contributed by atoms with van der Waals surface area (Å²) in [5, 5.41) is 4.16. The first-order valence-electron chi connectivity index (χ1n) is 8.43. The van der Waals surface area contributed by atoms with E-state index in [-0.39, 0.29) is 11.6 Å². The van der Waals surface area contributed by atoms with Crippen molar-refractivity contribution in [1.29, 1.82) is 0 Å². The molecule has 1 aliphatic rings. The number of hydrogen-bond acceptors (Lipinski definition) is 4. The van der Waals surface area contributed by atoms with Crippen LogP contribution < -0.4 is 10.9 Å². The maximum atomic E-state index is 12.6. The van der Waals surface area contributed by atoms with Crippen LogP contribution in [-0.4, -0.2) is 14.5 Å². The number of aryl methyl sites for hydroxylation is 1. The van der Waals surface area contributed by atoms with Gasteiger partial charge in [0.2, 0.25) is 5.95 Å². The maximum absolute atomic E-state index is 12.6. The number of fused-ring (bicyclic) bond motifs is 1. The molecule has 0 saturated heterocycles. The van der Waals surface area contributed by atoms with E-state index in [1.165, 1.54) is 12.8 Å². The fourth-order valence-electron chi connectivity index (χ4n) is 3.50. The molecule has 122 valence electrons. The molecule has 0 bridgehead atoms. The Morgan fingerprint density at radius 1 is 1.17 bits per heavy atom. The van der Waals surface area contributed by atoms with Gasteiger partial charge in [-0.2, -0.15) is 4.98 Å². The number of hydrogen-bond donors (Lipinski definition) is 1. The van der Waals surface area contributed by atoms with Gasteiger partial charge in [-0.1, -0.05) is 31.0 Å². The molecule has 1 saturated carbocycles. The molecule has 3 aromatic rings. The minimum Gasteiger partial charge on any atom is -0.324 e. The van der Waals surface area contributed by atoms with Crippen molar-refractivity contribution in [2.45, 2.75) is 38.6 Å². The molecular weight excluding hydrogens is 300 g/mol. The predicted octanol–water partition coefficient (Wildman–Crippen LogP) is 3.96. The molecule has 2 heterocycles. The predicted molar refractivity (Wildman–Crippen MR) is 95.8 cm³/mol. The second kappa shape index (κ2) is 6.07. The van der Waals surface area contributed by atoms with Crippen LogP contribution in [0, 0.1) is 6.92 Å². The SMILES string of the molecule is Cc1cc(=O)n(C2CCCC2)c2nc(Nc3ccccc3)ncc12. The zero-order chi connectivity index (χ0) is 16.5. The number of benzene rings is 1. The van der Waals surface area contributed by atoms with Crippen molar-refractivity contribution in [3.05, 3.63) is 58.5 Å². The second-order valence-corrected chi connectivity index (χ2v) is 6.40. The highest BCUT2D eigenvalue weighted by Crippen LogP contribution is 2.31. The standard InChI is InChI=1S/C19H20N4O/c1-13-11-17(24)23(15-9-5-6-10-15)18-16(13)12-20-19(22-18)21-14-7-3-2-4-8-14/h2-4,7-8,11-12,15H,5-6,9-10H2,1H3,(H,20,21,22). The molecule has 2 aromatic heterocycles. The van der Waals surface area contributed by atoms with E-state index < -0.39 is 0 Å². The quantitative estimate of drug-likeness (QED) is 0.793. The summed E-state index contributed by atoms with van der Waals surface area (Å²) >= 11 is 0. The van der Waals surface area contributed by atoms with Crippen LogP contribution in [0.3, 0.4) is 0 Å². The van der Waals surface area contributed by atoms with Gasteiger partial charge in [-0.05, 0) is 37.5 Å². The van der Waals surface area contributed by atoms with E-state index in [1.54, 1.807) is 6.07 Å². The van der Waals surface area contributed by atoms with E-state index in [4.69, 9.17) is 0 Å². The Balaban J connectivity index is 1.84. The van der Waals surface area contributed by atoms with Crippen LogP contribution in [0.5, 0.6) is 0 Å². The first kappa shape index (κ1) is 14.9. The molecular formula is C19H20N4O. The Morgan fingerprint density at radius 2 is 1.92 bits per heavy atom. The van der Waals surface area contributed by atoms with Crippen molar-refractivity contribution < 1.29 is 0 Å². The van der Waals surface area contributed by atoms with Gasteiger partial charge < -0.3 is 5.32 Å². The largest absolute Gasteiger partial charge is 0.324 e. The number of anilines is 2. The van der Waals surface area contributed by atoms with Gasteiger partial charge in [-0.25, -0.2) is 4.98 Å². The van der Waals surface area contributed by atoms with E-state index in [9.17, 15) is 4.79 Å². The normalized spacial score (nSPS) is 15.0. The van der Waals surface area contributed by atoms with Gasteiger partial charge in [0.1, 0.15) is 5.65 Å². The van der Waals surface area contributed by atoms with Gasteiger partial charge in [-0.3, -0.25) is 9.36 Å². The van der Waals surface area contributed by atoms with Crippen LogP contribution in [0.4, 0.5) is 11.6 Å². The number of rotatable bonds is 3. The summed E-state index contributed by atoms with van der Waals surface area (Å²) in [4.78, 5) is 21.7. The summed E-state index contributed by atoms with van der Waals surface area (Å²) in [5.41, 5.74) is 2.63. The lowest BCUT2D eigenvalue weighted by Gasteiger charge is -2.17. The molecule has 0 aliphatic heterocycles. The topological polar surface area (TPSA) is 59.8 Å². The van der Waals surface area contributed by atoms with E-state index in [1.807, 2.05) is 48.0 Å². The van der Waals surface area contributed by atoms with Crippen LogP contribution in [0.2, 0.25) is 0 Å². The molecule has 0 atom stereocenters. The van der Waals surface area contributed by atoms with E-state index in [2.05, 4.69) is 15.3 Å². The van der Waals surface area contributed by atoms with Gasteiger partial charge in [0.05, 0.1) is 0 Å². The Hall–Kier alpha value is -2.69. The Bertz CT molecular complexity index is 927. The van der Waals surface area contributed by atoms with Crippen molar-refractivity contribution in [1.82, 2.24) is 14.5 Å². The number of para-hydroxylation sites is 1. The molecule has 5 nitrogen and oxygen atoms in total. The molecule has 0 radical (unpaired) electrons. The zero-order valence-corrected chi connectivity index (χ0v) is 13.7. The monoisotopic (exact) mass is 320 g/mol. The minimum atomic E-state index is 0.0382. The molecule has 0 amide bonds. The van der Waals surface area contributed by atoms with Crippen LogP contribution in [0.1, 0.15) is 37.3 Å². The van der Waals surface area contributed by atoms with E-state index in [0.717, 1.165) is 35.1 Å². The lowest BCUT2D eigenvalue weighted by atomic mass is 10.1. The third-order valence-electron chi connectivity index (χ3n) is 4.72. The zero-order valence-electron chi connectivity index (χ0n) is 13.7. The number of nitrogens with one attached hydrogen (secondary N) is 1. The molecule has 1 fully saturated rings. The highest BCUT2D eigenvalue weighted by atomic mass is 16.1. The first-order valence-corrected chi connectivity index (χ1v) is 8.43. The van der Waals surface area contributed by atoms with Crippen molar-refractivity contribution in [2.24, 2.45) is 0 Å². The number of nitrogens with zero attached hydrogens (tertiary/aromatic N) is 3. The second-order valence-electron chi connectivity index (χ2n) is 6.40.